The van der Waals surface area contributed by atoms with Gasteiger partial charge in [0, 0.05) is 0 Å². The van der Waals surface area contributed by atoms with Crippen molar-refractivity contribution in [2.75, 3.05) is 7.11 Å². The fourth-order valence-corrected chi connectivity index (χ4v) is 1.29. The molecule has 1 unspecified atom stereocenters. The maximum Gasteiger partial charge on any atom is 0.306 e. The van der Waals surface area contributed by atoms with E-state index in [0.29, 0.717) is 6.42 Å². The molecule has 0 radical (unpaired) electrons. The second kappa shape index (κ2) is 4.65. The highest BCUT2D eigenvalue weighted by Crippen LogP contribution is 2.20. The largest absolute Gasteiger partial charge is 0.496 e. The number of carbonyl (C=O) groups is 1. The standard InChI is InChI=1S/C11H14O3/c1-8(11(12)13)7-9-5-3-4-6-10(9)14-2/h3-6,8H,7H2,1-2H3,(H,12,13). The maximum absolute atomic E-state index is 10.7. The first-order chi connectivity index (χ1) is 6.65. The van der Waals surface area contributed by atoms with Crippen molar-refractivity contribution in [2.45, 2.75) is 13.3 Å². The zero-order chi connectivity index (χ0) is 10.6. The van der Waals surface area contributed by atoms with E-state index in [1.54, 1.807) is 14.0 Å². The Morgan fingerprint density at radius 2 is 2.14 bits per heavy atom. The molecule has 0 aliphatic heterocycles. The summed E-state index contributed by atoms with van der Waals surface area (Å²) in [6.45, 7) is 1.69. The molecule has 1 rings (SSSR count). The highest BCUT2D eigenvalue weighted by Gasteiger charge is 2.13. The van der Waals surface area contributed by atoms with E-state index in [4.69, 9.17) is 9.84 Å². The summed E-state index contributed by atoms with van der Waals surface area (Å²) in [4.78, 5) is 10.7. The average molecular weight is 194 g/mol. The summed E-state index contributed by atoms with van der Waals surface area (Å²) in [5.74, 6) is -0.414. The quantitative estimate of drug-likeness (QED) is 0.797. The molecule has 1 N–H and O–H groups in total. The van der Waals surface area contributed by atoms with Crippen LogP contribution in [0.5, 0.6) is 5.75 Å². The van der Waals surface area contributed by atoms with Crippen LogP contribution in [0.2, 0.25) is 0 Å². The Balaban J connectivity index is 2.80. The molecule has 3 heteroatoms. The Hall–Kier alpha value is -1.51. The molecule has 0 saturated heterocycles. The van der Waals surface area contributed by atoms with Crippen LogP contribution in [-0.2, 0) is 11.2 Å². The van der Waals surface area contributed by atoms with Crippen molar-refractivity contribution in [2.24, 2.45) is 5.92 Å². The van der Waals surface area contributed by atoms with Gasteiger partial charge in [-0.05, 0) is 18.1 Å². The van der Waals surface area contributed by atoms with Crippen LogP contribution in [0.15, 0.2) is 24.3 Å². The molecule has 0 saturated carbocycles. The van der Waals surface area contributed by atoms with Gasteiger partial charge in [-0.25, -0.2) is 0 Å². The summed E-state index contributed by atoms with van der Waals surface area (Å²) in [6, 6.07) is 7.47. The minimum atomic E-state index is -0.782. The third kappa shape index (κ3) is 2.49. The highest BCUT2D eigenvalue weighted by molar-refractivity contribution is 5.70. The molecule has 0 amide bonds. The number of hydrogen-bond donors (Lipinski definition) is 1. The number of carboxylic acid groups (broad SMARTS) is 1. The molecule has 0 aliphatic carbocycles. The van der Waals surface area contributed by atoms with E-state index in [2.05, 4.69) is 0 Å². The van der Waals surface area contributed by atoms with Crippen molar-refractivity contribution in [1.29, 1.82) is 0 Å². The molecule has 1 aromatic carbocycles. The highest BCUT2D eigenvalue weighted by atomic mass is 16.5. The maximum atomic E-state index is 10.7. The third-order valence-corrected chi connectivity index (χ3v) is 2.14. The van der Waals surface area contributed by atoms with Gasteiger partial charge in [-0.1, -0.05) is 25.1 Å². The van der Waals surface area contributed by atoms with Crippen LogP contribution in [0.3, 0.4) is 0 Å². The lowest BCUT2D eigenvalue weighted by Gasteiger charge is -2.10. The lowest BCUT2D eigenvalue weighted by atomic mass is 10.0. The zero-order valence-corrected chi connectivity index (χ0v) is 8.36. The third-order valence-electron chi connectivity index (χ3n) is 2.14. The van der Waals surface area contributed by atoms with E-state index in [9.17, 15) is 4.79 Å². The predicted octanol–water partition coefficient (Wildman–Crippen LogP) is 1.96. The van der Waals surface area contributed by atoms with Crippen molar-refractivity contribution < 1.29 is 14.6 Å². The van der Waals surface area contributed by atoms with Crippen LogP contribution in [0, 0.1) is 5.92 Å². The molecular weight excluding hydrogens is 180 g/mol. The number of methoxy groups -OCH3 is 1. The number of carboxylic acids is 1. The Morgan fingerprint density at radius 3 is 2.71 bits per heavy atom. The van der Waals surface area contributed by atoms with Crippen LogP contribution in [-0.4, -0.2) is 18.2 Å². The molecule has 3 nitrogen and oxygen atoms in total. The van der Waals surface area contributed by atoms with Crippen LogP contribution in [0.1, 0.15) is 12.5 Å². The van der Waals surface area contributed by atoms with Gasteiger partial charge in [0.15, 0.2) is 0 Å². The number of benzene rings is 1. The monoisotopic (exact) mass is 194 g/mol. The van der Waals surface area contributed by atoms with Crippen molar-refractivity contribution in [3.05, 3.63) is 29.8 Å². The number of rotatable bonds is 4. The second-order valence-electron chi connectivity index (χ2n) is 3.26. The van der Waals surface area contributed by atoms with Crippen LogP contribution in [0.25, 0.3) is 0 Å². The predicted molar refractivity (Wildman–Crippen MR) is 53.5 cm³/mol. The van der Waals surface area contributed by atoms with Gasteiger partial charge in [0.2, 0.25) is 0 Å². The van der Waals surface area contributed by atoms with Gasteiger partial charge in [-0.2, -0.15) is 0 Å². The van der Waals surface area contributed by atoms with E-state index in [-0.39, 0.29) is 5.92 Å². The average Bonchev–Trinajstić information content (AvgIpc) is 2.18. The Morgan fingerprint density at radius 1 is 1.50 bits per heavy atom. The molecule has 0 aliphatic rings. The van der Waals surface area contributed by atoms with Gasteiger partial charge in [-0.3, -0.25) is 4.79 Å². The molecule has 1 aromatic rings. The first-order valence-corrected chi connectivity index (χ1v) is 4.50. The number of hydrogen-bond acceptors (Lipinski definition) is 2. The normalized spacial score (nSPS) is 12.1. The molecule has 76 valence electrons. The van der Waals surface area contributed by atoms with Gasteiger partial charge in [0.1, 0.15) is 5.75 Å². The van der Waals surface area contributed by atoms with Crippen molar-refractivity contribution in [1.82, 2.24) is 0 Å². The summed E-state index contributed by atoms with van der Waals surface area (Å²) in [5.41, 5.74) is 0.935. The summed E-state index contributed by atoms with van der Waals surface area (Å²) in [6.07, 6.45) is 0.499. The fraction of sp³-hybridized carbons (Fsp3) is 0.364. The molecule has 0 fully saturated rings. The van der Waals surface area contributed by atoms with E-state index in [0.717, 1.165) is 11.3 Å². The second-order valence-corrected chi connectivity index (χ2v) is 3.26. The summed E-state index contributed by atoms with van der Waals surface area (Å²) in [5, 5.41) is 8.77. The Kier molecular flexibility index (Phi) is 3.51. The molecule has 0 aromatic heterocycles. The minimum Gasteiger partial charge on any atom is -0.496 e. The van der Waals surface area contributed by atoms with Crippen LogP contribution >= 0.6 is 0 Å². The van der Waals surface area contributed by atoms with Crippen molar-refractivity contribution in [3.8, 4) is 5.75 Å². The summed E-state index contributed by atoms with van der Waals surface area (Å²) in [7, 11) is 1.59. The SMILES string of the molecule is COc1ccccc1CC(C)C(=O)O. The number of ether oxygens (including phenoxy) is 1. The minimum absolute atomic E-state index is 0.383. The van der Waals surface area contributed by atoms with E-state index in [1.807, 2.05) is 24.3 Å². The number of para-hydroxylation sites is 1. The van der Waals surface area contributed by atoms with E-state index in [1.165, 1.54) is 0 Å². The van der Waals surface area contributed by atoms with E-state index >= 15 is 0 Å². The van der Waals surface area contributed by atoms with Gasteiger partial charge >= 0.3 is 5.97 Å². The summed E-state index contributed by atoms with van der Waals surface area (Å²) >= 11 is 0. The Bertz CT molecular complexity index is 320. The zero-order valence-electron chi connectivity index (χ0n) is 8.36. The fourth-order valence-electron chi connectivity index (χ4n) is 1.29. The Labute approximate surface area is 83.3 Å². The molecule has 0 bridgehead atoms. The molecule has 14 heavy (non-hydrogen) atoms. The lowest BCUT2D eigenvalue weighted by Crippen LogP contribution is -2.12. The molecule has 0 spiro atoms. The molecule has 1 atom stereocenters. The molecule has 0 heterocycles. The van der Waals surface area contributed by atoms with Gasteiger partial charge in [0.05, 0.1) is 13.0 Å². The van der Waals surface area contributed by atoms with Gasteiger partial charge < -0.3 is 9.84 Å². The van der Waals surface area contributed by atoms with Crippen LogP contribution < -0.4 is 4.74 Å². The lowest BCUT2D eigenvalue weighted by molar-refractivity contribution is -0.141. The van der Waals surface area contributed by atoms with Crippen molar-refractivity contribution >= 4 is 5.97 Å². The van der Waals surface area contributed by atoms with Gasteiger partial charge in [0.25, 0.3) is 0 Å². The number of aliphatic carboxylic acids is 1. The first-order valence-electron chi connectivity index (χ1n) is 4.50. The van der Waals surface area contributed by atoms with Gasteiger partial charge in [-0.15, -0.1) is 0 Å². The smallest absolute Gasteiger partial charge is 0.306 e. The summed E-state index contributed by atoms with van der Waals surface area (Å²) < 4.78 is 5.13. The topological polar surface area (TPSA) is 46.5 Å². The van der Waals surface area contributed by atoms with E-state index < -0.39 is 5.97 Å². The van der Waals surface area contributed by atoms with Crippen molar-refractivity contribution in [3.63, 3.8) is 0 Å². The van der Waals surface area contributed by atoms with Crippen LogP contribution in [0.4, 0.5) is 0 Å². The first kappa shape index (κ1) is 10.6. The molecular formula is C11H14O3.